The fourth-order valence-corrected chi connectivity index (χ4v) is 3.42. The maximum absolute atomic E-state index is 13.8. The average molecular weight is 391 g/mol. The number of nitrogens with zero attached hydrogens (tertiary/aromatic N) is 2. The lowest BCUT2D eigenvalue weighted by Gasteiger charge is -2.22. The summed E-state index contributed by atoms with van der Waals surface area (Å²) in [6.07, 6.45) is 0.0934. The van der Waals surface area contributed by atoms with Crippen molar-refractivity contribution in [3.8, 4) is 5.75 Å². The minimum absolute atomic E-state index is 0.0934. The number of hydrogen-bond acceptors (Lipinski definition) is 3. The molecule has 1 fully saturated rings. The predicted molar refractivity (Wildman–Crippen MR) is 101 cm³/mol. The van der Waals surface area contributed by atoms with Crippen LogP contribution in [0.4, 0.5) is 10.1 Å². The molecule has 0 N–H and O–H groups in total. The van der Waals surface area contributed by atoms with Crippen molar-refractivity contribution in [2.75, 3.05) is 25.6 Å². The van der Waals surface area contributed by atoms with Gasteiger partial charge in [0.2, 0.25) is 11.8 Å². The van der Waals surface area contributed by atoms with Crippen LogP contribution in [-0.2, 0) is 16.1 Å². The molecule has 2 aromatic carbocycles. The zero-order valence-electron chi connectivity index (χ0n) is 15.1. The molecule has 0 radical (unpaired) electrons. The second-order valence-corrected chi connectivity index (χ2v) is 6.94. The maximum atomic E-state index is 13.8. The van der Waals surface area contributed by atoms with Crippen LogP contribution in [0.25, 0.3) is 0 Å². The van der Waals surface area contributed by atoms with E-state index in [-0.39, 0.29) is 37.1 Å². The molecule has 1 atom stereocenters. The number of carbonyl (C=O) groups is 2. The molecule has 0 aromatic heterocycles. The van der Waals surface area contributed by atoms with E-state index < -0.39 is 5.92 Å². The number of ether oxygens (including phenoxy) is 1. The minimum Gasteiger partial charge on any atom is -0.495 e. The Kier molecular flexibility index (Phi) is 5.65. The first-order valence-electron chi connectivity index (χ1n) is 8.53. The van der Waals surface area contributed by atoms with Gasteiger partial charge in [0, 0.05) is 37.1 Å². The van der Waals surface area contributed by atoms with E-state index in [1.807, 2.05) is 0 Å². The van der Waals surface area contributed by atoms with E-state index in [1.165, 1.54) is 23.0 Å². The molecule has 27 heavy (non-hydrogen) atoms. The molecule has 5 nitrogen and oxygen atoms in total. The van der Waals surface area contributed by atoms with Crippen LogP contribution in [0.3, 0.4) is 0 Å². The van der Waals surface area contributed by atoms with Crippen LogP contribution >= 0.6 is 11.6 Å². The number of benzene rings is 2. The van der Waals surface area contributed by atoms with Gasteiger partial charge in [0.05, 0.1) is 18.7 Å². The first-order chi connectivity index (χ1) is 12.9. The van der Waals surface area contributed by atoms with Crippen LogP contribution in [0.1, 0.15) is 12.0 Å². The third-order valence-corrected chi connectivity index (χ3v) is 4.88. The lowest BCUT2D eigenvalue weighted by atomic mass is 10.1. The summed E-state index contributed by atoms with van der Waals surface area (Å²) in [5, 5.41) is 0.477. The van der Waals surface area contributed by atoms with Crippen molar-refractivity contribution in [2.45, 2.75) is 13.0 Å². The highest BCUT2D eigenvalue weighted by atomic mass is 35.5. The number of hydrogen-bond donors (Lipinski definition) is 0. The van der Waals surface area contributed by atoms with Gasteiger partial charge in [0.1, 0.15) is 11.6 Å². The van der Waals surface area contributed by atoms with E-state index >= 15 is 0 Å². The van der Waals surface area contributed by atoms with E-state index in [2.05, 4.69) is 0 Å². The Bertz CT molecular complexity index is 874. The van der Waals surface area contributed by atoms with Gasteiger partial charge in [-0.1, -0.05) is 29.8 Å². The number of halogens is 2. The Morgan fingerprint density at radius 1 is 1.33 bits per heavy atom. The van der Waals surface area contributed by atoms with Gasteiger partial charge in [-0.25, -0.2) is 4.39 Å². The van der Waals surface area contributed by atoms with Crippen molar-refractivity contribution in [1.29, 1.82) is 0 Å². The van der Waals surface area contributed by atoms with Crippen LogP contribution < -0.4 is 9.64 Å². The molecule has 1 heterocycles. The molecule has 1 unspecified atom stereocenters. The SMILES string of the molecule is COc1ccc(Cl)cc1N1CC(C(=O)N(C)Cc2ccccc2F)CC1=O. The summed E-state index contributed by atoms with van der Waals surface area (Å²) in [7, 11) is 3.12. The molecule has 1 aliphatic heterocycles. The topological polar surface area (TPSA) is 49.9 Å². The summed E-state index contributed by atoms with van der Waals surface area (Å²) < 4.78 is 19.1. The number of carbonyl (C=O) groups excluding carboxylic acids is 2. The summed E-state index contributed by atoms with van der Waals surface area (Å²) >= 11 is 6.05. The van der Waals surface area contributed by atoms with E-state index in [1.54, 1.807) is 43.4 Å². The molecule has 2 aromatic rings. The van der Waals surface area contributed by atoms with Gasteiger partial charge in [-0.2, -0.15) is 0 Å². The smallest absolute Gasteiger partial charge is 0.228 e. The zero-order chi connectivity index (χ0) is 19.6. The van der Waals surface area contributed by atoms with Crippen LogP contribution in [0.5, 0.6) is 5.75 Å². The van der Waals surface area contributed by atoms with E-state index in [4.69, 9.17) is 16.3 Å². The second kappa shape index (κ2) is 7.96. The molecule has 0 bridgehead atoms. The standard InChI is InChI=1S/C20H20ClFN2O3/c1-23(11-13-5-3-4-6-16(13)22)20(26)14-9-19(25)24(12-14)17-10-15(21)7-8-18(17)27-2/h3-8,10,14H,9,11-12H2,1-2H3. The Morgan fingerprint density at radius 3 is 2.78 bits per heavy atom. The summed E-state index contributed by atoms with van der Waals surface area (Å²) in [6, 6.07) is 11.3. The molecule has 142 valence electrons. The fraction of sp³-hybridized carbons (Fsp3) is 0.300. The first kappa shape index (κ1) is 19.2. The summed E-state index contributed by atoms with van der Waals surface area (Å²) in [6.45, 7) is 0.382. The molecular formula is C20H20ClFN2O3. The first-order valence-corrected chi connectivity index (χ1v) is 8.90. The van der Waals surface area contributed by atoms with Crippen molar-refractivity contribution >= 4 is 29.1 Å². The van der Waals surface area contributed by atoms with Crippen LogP contribution in [-0.4, -0.2) is 37.4 Å². The Hall–Kier alpha value is -2.60. The van der Waals surface area contributed by atoms with Crippen molar-refractivity contribution in [3.05, 3.63) is 58.9 Å². The van der Waals surface area contributed by atoms with Gasteiger partial charge in [0.15, 0.2) is 0 Å². The van der Waals surface area contributed by atoms with Gasteiger partial charge in [-0.3, -0.25) is 9.59 Å². The van der Waals surface area contributed by atoms with Crippen molar-refractivity contribution in [1.82, 2.24) is 4.90 Å². The van der Waals surface area contributed by atoms with Gasteiger partial charge < -0.3 is 14.5 Å². The third-order valence-electron chi connectivity index (χ3n) is 4.65. The highest BCUT2D eigenvalue weighted by molar-refractivity contribution is 6.31. The Labute approximate surface area is 162 Å². The molecule has 0 aliphatic carbocycles. The lowest BCUT2D eigenvalue weighted by molar-refractivity contribution is -0.135. The normalized spacial score (nSPS) is 16.5. The van der Waals surface area contributed by atoms with Crippen LogP contribution in [0, 0.1) is 11.7 Å². The molecule has 7 heteroatoms. The molecule has 0 saturated carbocycles. The van der Waals surface area contributed by atoms with Crippen molar-refractivity contribution in [3.63, 3.8) is 0 Å². The van der Waals surface area contributed by atoms with Gasteiger partial charge in [0.25, 0.3) is 0 Å². The number of rotatable bonds is 5. The van der Waals surface area contributed by atoms with Crippen molar-refractivity contribution < 1.29 is 18.7 Å². The van der Waals surface area contributed by atoms with E-state index in [0.29, 0.717) is 22.0 Å². The number of methoxy groups -OCH3 is 1. The number of anilines is 1. The highest BCUT2D eigenvalue weighted by Gasteiger charge is 2.37. The molecule has 0 spiro atoms. The van der Waals surface area contributed by atoms with Gasteiger partial charge >= 0.3 is 0 Å². The summed E-state index contributed by atoms with van der Waals surface area (Å²) in [5.41, 5.74) is 0.980. The van der Waals surface area contributed by atoms with Crippen molar-refractivity contribution in [2.24, 2.45) is 5.92 Å². The quantitative estimate of drug-likeness (QED) is 0.785. The van der Waals surface area contributed by atoms with Gasteiger partial charge in [-0.15, -0.1) is 0 Å². The average Bonchev–Trinajstić information content (AvgIpc) is 3.04. The second-order valence-electron chi connectivity index (χ2n) is 6.51. The summed E-state index contributed by atoms with van der Waals surface area (Å²) in [5.74, 6) is -0.716. The number of amides is 2. The zero-order valence-corrected chi connectivity index (χ0v) is 15.9. The fourth-order valence-electron chi connectivity index (χ4n) is 3.25. The third kappa shape index (κ3) is 4.06. The summed E-state index contributed by atoms with van der Waals surface area (Å²) in [4.78, 5) is 28.2. The monoisotopic (exact) mass is 390 g/mol. The van der Waals surface area contributed by atoms with E-state index in [9.17, 15) is 14.0 Å². The van der Waals surface area contributed by atoms with Crippen LogP contribution in [0.2, 0.25) is 5.02 Å². The Balaban J connectivity index is 1.74. The predicted octanol–water partition coefficient (Wildman–Crippen LogP) is 3.50. The molecule has 2 amide bonds. The highest BCUT2D eigenvalue weighted by Crippen LogP contribution is 2.35. The molecular weight excluding hydrogens is 371 g/mol. The molecule has 3 rings (SSSR count). The van der Waals surface area contributed by atoms with Crippen LogP contribution in [0.15, 0.2) is 42.5 Å². The minimum atomic E-state index is -0.502. The lowest BCUT2D eigenvalue weighted by Crippen LogP contribution is -2.34. The van der Waals surface area contributed by atoms with E-state index in [0.717, 1.165) is 0 Å². The largest absolute Gasteiger partial charge is 0.495 e. The maximum Gasteiger partial charge on any atom is 0.228 e. The molecule has 1 aliphatic rings. The molecule has 1 saturated heterocycles. The van der Waals surface area contributed by atoms with Gasteiger partial charge in [-0.05, 0) is 24.3 Å². The Morgan fingerprint density at radius 2 is 2.07 bits per heavy atom.